The van der Waals surface area contributed by atoms with Crippen molar-refractivity contribution in [3.63, 3.8) is 0 Å². The molecule has 1 aliphatic rings. The molecule has 27 heavy (non-hydrogen) atoms. The van der Waals surface area contributed by atoms with E-state index >= 15 is 0 Å². The Hall–Kier alpha value is -2.94. The summed E-state index contributed by atoms with van der Waals surface area (Å²) in [5.41, 5.74) is 0.664. The highest BCUT2D eigenvalue weighted by Crippen LogP contribution is 2.35. The number of amides is 2. The van der Waals surface area contributed by atoms with Crippen LogP contribution in [0.25, 0.3) is 0 Å². The van der Waals surface area contributed by atoms with E-state index in [1.165, 1.54) is 13.0 Å². The topological polar surface area (TPSA) is 133 Å². The number of carboxylic acids is 1. The molecule has 9 nitrogen and oxygen atoms in total. The van der Waals surface area contributed by atoms with Gasteiger partial charge in [-0.25, -0.2) is 4.79 Å². The summed E-state index contributed by atoms with van der Waals surface area (Å²) in [5, 5.41) is 20.1. The molecule has 0 radical (unpaired) electrons. The fourth-order valence-corrected chi connectivity index (χ4v) is 2.68. The first-order valence-corrected chi connectivity index (χ1v) is 8.56. The number of hydrogen-bond acceptors (Lipinski definition) is 6. The van der Waals surface area contributed by atoms with Crippen molar-refractivity contribution < 1.29 is 34.1 Å². The van der Waals surface area contributed by atoms with E-state index in [4.69, 9.17) is 14.9 Å². The molecule has 9 heteroatoms. The van der Waals surface area contributed by atoms with Crippen LogP contribution in [0, 0.1) is 0 Å². The van der Waals surface area contributed by atoms with Crippen LogP contribution < -0.4 is 15.0 Å². The lowest BCUT2D eigenvalue weighted by Crippen LogP contribution is -2.52. The summed E-state index contributed by atoms with van der Waals surface area (Å²) in [7, 11) is 0. The number of carboxylic acid groups (broad SMARTS) is 1. The Balaban J connectivity index is 2.29. The Labute approximate surface area is 155 Å². The van der Waals surface area contributed by atoms with Gasteiger partial charge in [0.05, 0.1) is 12.3 Å². The quantitative estimate of drug-likeness (QED) is 0.556. The molecule has 3 N–H and O–H groups in total. The van der Waals surface area contributed by atoms with Crippen molar-refractivity contribution in [2.45, 2.75) is 38.8 Å². The van der Waals surface area contributed by atoms with Gasteiger partial charge in [0.15, 0.2) is 11.9 Å². The van der Waals surface area contributed by atoms with Crippen LogP contribution in [-0.2, 0) is 14.4 Å². The first kappa shape index (κ1) is 20.4. The number of aliphatic hydroxyl groups is 1. The van der Waals surface area contributed by atoms with Gasteiger partial charge in [0.2, 0.25) is 5.91 Å². The Kier molecular flexibility index (Phi) is 6.51. The molecule has 1 aromatic rings. The fraction of sp³-hybridized carbons (Fsp3) is 0.444. The van der Waals surface area contributed by atoms with Crippen molar-refractivity contribution in [2.24, 2.45) is 0 Å². The number of anilines is 1. The number of aliphatic hydroxyl groups excluding tert-OH is 1. The smallest absolute Gasteiger partial charge is 0.328 e. The first-order valence-electron chi connectivity index (χ1n) is 8.56. The number of nitrogens with zero attached hydrogens (tertiary/aromatic N) is 1. The molecular formula is C18H22N2O7. The van der Waals surface area contributed by atoms with Gasteiger partial charge in [-0.2, -0.15) is 0 Å². The summed E-state index contributed by atoms with van der Waals surface area (Å²) < 4.78 is 5.52. The lowest BCUT2D eigenvalue weighted by Gasteiger charge is -2.33. The molecule has 1 aliphatic heterocycles. The van der Waals surface area contributed by atoms with E-state index < -0.39 is 43.1 Å². The average molecular weight is 378 g/mol. The van der Waals surface area contributed by atoms with Gasteiger partial charge in [0.25, 0.3) is 5.91 Å². The van der Waals surface area contributed by atoms with E-state index in [1.54, 1.807) is 12.1 Å². The van der Waals surface area contributed by atoms with Crippen molar-refractivity contribution in [1.29, 1.82) is 0 Å². The minimum atomic E-state index is -1.47. The highest BCUT2D eigenvalue weighted by Gasteiger charge is 2.34. The first-order chi connectivity index (χ1) is 12.8. The minimum Gasteiger partial charge on any atom is -0.480 e. The molecule has 0 aliphatic carbocycles. The maximum atomic E-state index is 12.5. The maximum Gasteiger partial charge on any atom is 0.328 e. The summed E-state index contributed by atoms with van der Waals surface area (Å²) in [6, 6.07) is 3.19. The zero-order valence-corrected chi connectivity index (χ0v) is 15.1. The second-order valence-electron chi connectivity index (χ2n) is 6.18. The fourth-order valence-electron chi connectivity index (χ4n) is 2.68. The molecule has 1 aromatic carbocycles. The van der Waals surface area contributed by atoms with E-state index in [2.05, 4.69) is 5.32 Å². The van der Waals surface area contributed by atoms with Crippen LogP contribution >= 0.6 is 0 Å². The lowest BCUT2D eigenvalue weighted by atomic mass is 10.0. The molecule has 2 unspecified atom stereocenters. The molecule has 0 fully saturated rings. The van der Waals surface area contributed by atoms with Gasteiger partial charge >= 0.3 is 5.97 Å². The molecular weight excluding hydrogens is 356 g/mol. The van der Waals surface area contributed by atoms with Crippen LogP contribution in [0.5, 0.6) is 5.75 Å². The SMILES string of the molecule is CCCC(=O)c1ccc2c(c1)N(CC(=O)NC(CO)C(=O)O)C(=O)C(C)O2. The number of ether oxygens (including phenoxy) is 1. The highest BCUT2D eigenvalue weighted by atomic mass is 16.5. The third kappa shape index (κ3) is 4.62. The van der Waals surface area contributed by atoms with Crippen molar-refractivity contribution in [3.05, 3.63) is 23.8 Å². The van der Waals surface area contributed by atoms with Crippen molar-refractivity contribution in [1.82, 2.24) is 5.32 Å². The molecule has 2 amide bonds. The average Bonchev–Trinajstić information content (AvgIpc) is 2.63. The van der Waals surface area contributed by atoms with Crippen molar-refractivity contribution in [3.8, 4) is 5.75 Å². The zero-order valence-electron chi connectivity index (χ0n) is 15.1. The second-order valence-corrected chi connectivity index (χ2v) is 6.18. The van der Waals surface area contributed by atoms with E-state index in [-0.39, 0.29) is 11.5 Å². The predicted octanol–water partition coefficient (Wildman–Crippen LogP) is 0.345. The number of carbonyl (C=O) groups is 4. The second kappa shape index (κ2) is 8.63. The molecule has 146 valence electrons. The third-order valence-corrected chi connectivity index (χ3v) is 4.08. The van der Waals surface area contributed by atoms with Gasteiger partial charge in [-0.05, 0) is 31.5 Å². The van der Waals surface area contributed by atoms with Crippen LogP contribution in [0.15, 0.2) is 18.2 Å². The largest absolute Gasteiger partial charge is 0.480 e. The third-order valence-electron chi connectivity index (χ3n) is 4.08. The van der Waals surface area contributed by atoms with Crippen LogP contribution in [-0.4, -0.2) is 59.1 Å². The Bertz CT molecular complexity index is 762. The zero-order chi connectivity index (χ0) is 20.1. The van der Waals surface area contributed by atoms with E-state index in [0.29, 0.717) is 24.2 Å². The lowest BCUT2D eigenvalue weighted by molar-refractivity contribution is -0.142. The molecule has 0 spiro atoms. The number of ketones is 1. The number of hydrogen-bond donors (Lipinski definition) is 3. The maximum absolute atomic E-state index is 12.5. The normalized spacial score (nSPS) is 16.9. The number of Topliss-reactive ketones (excluding diaryl/α,β-unsaturated/α-hetero) is 1. The number of rotatable bonds is 8. The van der Waals surface area contributed by atoms with E-state index in [1.807, 2.05) is 6.92 Å². The number of carbonyl (C=O) groups excluding carboxylic acids is 3. The summed E-state index contributed by atoms with van der Waals surface area (Å²) >= 11 is 0. The van der Waals surface area contributed by atoms with Crippen molar-refractivity contribution in [2.75, 3.05) is 18.1 Å². The molecule has 2 atom stereocenters. The monoisotopic (exact) mass is 378 g/mol. The molecule has 0 saturated heterocycles. The van der Waals surface area contributed by atoms with Gasteiger partial charge in [-0.1, -0.05) is 6.92 Å². The van der Waals surface area contributed by atoms with Crippen LogP contribution in [0.2, 0.25) is 0 Å². The van der Waals surface area contributed by atoms with Gasteiger partial charge in [0.1, 0.15) is 18.3 Å². The summed E-state index contributed by atoms with van der Waals surface area (Å²) in [5.74, 6) is -2.38. The van der Waals surface area contributed by atoms with Gasteiger partial charge in [-0.15, -0.1) is 0 Å². The summed E-state index contributed by atoms with van der Waals surface area (Å²) in [4.78, 5) is 48.9. The number of fused-ring (bicyclic) bond motifs is 1. The standard InChI is InChI=1S/C18H22N2O7/c1-3-4-14(22)11-5-6-15-13(7-11)20(17(24)10(2)27-15)8-16(23)19-12(9-21)18(25)26/h5-7,10,12,21H,3-4,8-9H2,1-2H3,(H,19,23)(H,25,26). The van der Waals surface area contributed by atoms with E-state index in [0.717, 1.165) is 4.90 Å². The van der Waals surface area contributed by atoms with Crippen LogP contribution in [0.1, 0.15) is 37.0 Å². The molecule has 0 aromatic heterocycles. The van der Waals surface area contributed by atoms with Gasteiger partial charge in [-0.3, -0.25) is 19.3 Å². The summed E-state index contributed by atoms with van der Waals surface area (Å²) in [6.45, 7) is 2.16. The van der Waals surface area contributed by atoms with Gasteiger partial charge < -0.3 is 20.3 Å². The number of aliphatic carboxylic acids is 1. The molecule has 0 bridgehead atoms. The predicted molar refractivity (Wildman–Crippen MR) is 94.8 cm³/mol. The summed E-state index contributed by atoms with van der Waals surface area (Å²) in [6.07, 6.45) is 0.184. The molecule has 2 rings (SSSR count). The number of nitrogens with one attached hydrogen (secondary N) is 1. The Morgan fingerprint density at radius 1 is 1.33 bits per heavy atom. The highest BCUT2D eigenvalue weighted by molar-refractivity contribution is 6.05. The van der Waals surface area contributed by atoms with Crippen LogP contribution in [0.3, 0.4) is 0 Å². The van der Waals surface area contributed by atoms with Crippen molar-refractivity contribution >= 4 is 29.3 Å². The number of benzene rings is 1. The van der Waals surface area contributed by atoms with Crippen LogP contribution in [0.4, 0.5) is 5.69 Å². The molecule has 0 saturated carbocycles. The Morgan fingerprint density at radius 3 is 2.63 bits per heavy atom. The Morgan fingerprint density at radius 2 is 2.04 bits per heavy atom. The minimum absolute atomic E-state index is 0.0954. The van der Waals surface area contributed by atoms with Gasteiger partial charge in [0, 0.05) is 12.0 Å². The van der Waals surface area contributed by atoms with E-state index in [9.17, 15) is 19.2 Å². The molecule has 1 heterocycles.